The van der Waals surface area contributed by atoms with Gasteiger partial charge in [0.2, 0.25) is 0 Å². The van der Waals surface area contributed by atoms with Gasteiger partial charge in [0.15, 0.2) is 5.82 Å². The molecule has 2 aromatic rings. The Morgan fingerprint density at radius 3 is 3.07 bits per heavy atom. The number of rotatable bonds is 4. The highest BCUT2D eigenvalue weighted by Crippen LogP contribution is 2.20. The Kier molecular flexibility index (Phi) is 3.34. The lowest BCUT2D eigenvalue weighted by molar-refractivity contribution is 0.424. The predicted octanol–water partition coefficient (Wildman–Crippen LogP) is 1.51. The second-order valence-electron chi connectivity index (χ2n) is 2.78. The van der Waals surface area contributed by atoms with Gasteiger partial charge >= 0.3 is 0 Å². The lowest BCUT2D eigenvalue weighted by atomic mass is 10.5. The van der Waals surface area contributed by atoms with Crippen LogP contribution in [0, 0.1) is 0 Å². The first-order chi connectivity index (χ1) is 7.33. The van der Waals surface area contributed by atoms with Gasteiger partial charge < -0.3 is 10.3 Å². The summed E-state index contributed by atoms with van der Waals surface area (Å²) in [6.45, 7) is 0.441. The van der Waals surface area contributed by atoms with Gasteiger partial charge in [0.1, 0.15) is 10.7 Å². The summed E-state index contributed by atoms with van der Waals surface area (Å²) in [6.07, 6.45) is 1.99. The average Bonchev–Trinajstić information content (AvgIpc) is 2.85. The fourth-order valence-electron chi connectivity index (χ4n) is 1.05. The van der Waals surface area contributed by atoms with Crippen LogP contribution in [0.2, 0.25) is 0 Å². The van der Waals surface area contributed by atoms with E-state index in [9.17, 15) is 0 Å². The van der Waals surface area contributed by atoms with E-state index in [-0.39, 0.29) is 0 Å². The summed E-state index contributed by atoms with van der Waals surface area (Å²) in [5.41, 5.74) is 6.18. The number of aromatic nitrogens is 3. The fraction of sp³-hybridized carbons (Fsp3) is 0.375. The van der Waals surface area contributed by atoms with Crippen molar-refractivity contribution in [1.29, 1.82) is 0 Å². The topological polar surface area (TPSA) is 77.8 Å². The molecule has 15 heavy (non-hydrogen) atoms. The van der Waals surface area contributed by atoms with Crippen molar-refractivity contribution in [3.63, 3.8) is 0 Å². The zero-order valence-corrected chi connectivity index (χ0v) is 9.77. The van der Waals surface area contributed by atoms with Crippen LogP contribution in [0.25, 0.3) is 11.6 Å². The van der Waals surface area contributed by atoms with Crippen molar-refractivity contribution in [3.8, 4) is 11.6 Å². The molecule has 0 bridgehead atoms. The van der Waals surface area contributed by atoms with E-state index in [4.69, 9.17) is 10.3 Å². The van der Waals surface area contributed by atoms with E-state index in [0.29, 0.717) is 24.0 Å². The molecule has 2 aromatic heterocycles. The Morgan fingerprint density at radius 1 is 1.53 bits per heavy atom. The Bertz CT molecular complexity index is 439. The van der Waals surface area contributed by atoms with Crippen LogP contribution in [-0.4, -0.2) is 21.4 Å². The van der Waals surface area contributed by atoms with E-state index in [2.05, 4.69) is 15.1 Å². The molecule has 0 aliphatic heterocycles. The Hall–Kier alpha value is -0.920. The monoisotopic (exact) mass is 242 g/mol. The van der Waals surface area contributed by atoms with Gasteiger partial charge in [-0.25, -0.2) is 4.98 Å². The van der Waals surface area contributed by atoms with E-state index in [1.54, 1.807) is 11.8 Å². The molecule has 0 atom stereocenters. The largest absolute Gasteiger partial charge is 0.332 e. The first kappa shape index (κ1) is 10.6. The first-order valence-electron chi connectivity index (χ1n) is 4.30. The standard InChI is InChI=1S/C8H10N4OS2/c1-14-4-6-11-8(13-12-6)5-3-15-7(2-9)10-5/h3H,2,4,9H2,1H3. The van der Waals surface area contributed by atoms with Gasteiger partial charge in [-0.2, -0.15) is 16.7 Å². The molecule has 0 unspecified atom stereocenters. The van der Waals surface area contributed by atoms with Crippen LogP contribution in [0.1, 0.15) is 10.8 Å². The maximum Gasteiger partial charge on any atom is 0.277 e. The van der Waals surface area contributed by atoms with Crippen molar-refractivity contribution in [2.45, 2.75) is 12.3 Å². The molecule has 0 saturated heterocycles. The van der Waals surface area contributed by atoms with Crippen LogP contribution in [-0.2, 0) is 12.3 Å². The highest BCUT2D eigenvalue weighted by molar-refractivity contribution is 7.97. The highest BCUT2D eigenvalue weighted by atomic mass is 32.2. The molecule has 0 aromatic carbocycles. The van der Waals surface area contributed by atoms with Crippen LogP contribution in [0.3, 0.4) is 0 Å². The summed E-state index contributed by atoms with van der Waals surface area (Å²) in [4.78, 5) is 8.49. The van der Waals surface area contributed by atoms with Crippen molar-refractivity contribution in [2.75, 3.05) is 6.26 Å². The lowest BCUT2D eigenvalue weighted by Crippen LogP contribution is -1.94. The van der Waals surface area contributed by atoms with E-state index in [1.165, 1.54) is 11.3 Å². The molecular weight excluding hydrogens is 232 g/mol. The molecule has 7 heteroatoms. The molecule has 2 N–H and O–H groups in total. The molecular formula is C8H10N4OS2. The summed E-state index contributed by atoms with van der Waals surface area (Å²) in [5, 5.41) is 6.59. The lowest BCUT2D eigenvalue weighted by Gasteiger charge is -1.85. The average molecular weight is 242 g/mol. The summed E-state index contributed by atoms with van der Waals surface area (Å²) in [5.74, 6) is 1.91. The van der Waals surface area contributed by atoms with Crippen LogP contribution in [0.5, 0.6) is 0 Å². The van der Waals surface area contributed by atoms with E-state index >= 15 is 0 Å². The summed E-state index contributed by atoms with van der Waals surface area (Å²) in [6, 6.07) is 0. The third-order valence-corrected chi connectivity index (χ3v) is 3.11. The summed E-state index contributed by atoms with van der Waals surface area (Å²) < 4.78 is 5.09. The molecule has 0 fully saturated rings. The van der Waals surface area contributed by atoms with Crippen LogP contribution < -0.4 is 5.73 Å². The van der Waals surface area contributed by atoms with Crippen LogP contribution in [0.4, 0.5) is 0 Å². The minimum Gasteiger partial charge on any atom is -0.332 e. The third-order valence-electron chi connectivity index (χ3n) is 1.69. The zero-order valence-electron chi connectivity index (χ0n) is 8.14. The predicted molar refractivity (Wildman–Crippen MR) is 60.5 cm³/mol. The quantitative estimate of drug-likeness (QED) is 0.875. The number of thioether (sulfide) groups is 1. The SMILES string of the molecule is CSCc1noc(-c2csc(CN)n2)n1. The number of nitrogens with zero attached hydrogens (tertiary/aromatic N) is 3. The van der Waals surface area contributed by atoms with Crippen LogP contribution >= 0.6 is 23.1 Å². The number of nitrogens with two attached hydrogens (primary N) is 1. The van der Waals surface area contributed by atoms with Crippen molar-refractivity contribution < 1.29 is 4.52 Å². The van der Waals surface area contributed by atoms with Crippen LogP contribution in [0.15, 0.2) is 9.90 Å². The zero-order chi connectivity index (χ0) is 10.7. The van der Waals surface area contributed by atoms with Gasteiger partial charge in [0, 0.05) is 11.9 Å². The minimum absolute atomic E-state index is 0.441. The molecule has 80 valence electrons. The first-order valence-corrected chi connectivity index (χ1v) is 6.57. The minimum atomic E-state index is 0.441. The summed E-state index contributed by atoms with van der Waals surface area (Å²) >= 11 is 3.15. The molecule has 0 aliphatic rings. The molecule has 5 nitrogen and oxygen atoms in total. The number of hydrogen-bond donors (Lipinski definition) is 1. The molecule has 0 radical (unpaired) electrons. The fourth-order valence-corrected chi connectivity index (χ4v) is 2.07. The molecule has 0 amide bonds. The van der Waals surface area contributed by atoms with Crippen molar-refractivity contribution >= 4 is 23.1 Å². The van der Waals surface area contributed by atoms with Gasteiger partial charge in [-0.1, -0.05) is 5.16 Å². The molecule has 2 rings (SSSR count). The van der Waals surface area contributed by atoms with E-state index in [1.807, 2.05) is 11.6 Å². The van der Waals surface area contributed by atoms with Gasteiger partial charge in [-0.15, -0.1) is 11.3 Å². The Balaban J connectivity index is 2.21. The van der Waals surface area contributed by atoms with E-state index in [0.717, 1.165) is 10.8 Å². The molecule has 2 heterocycles. The van der Waals surface area contributed by atoms with Gasteiger partial charge in [0.25, 0.3) is 5.89 Å². The smallest absolute Gasteiger partial charge is 0.277 e. The second-order valence-corrected chi connectivity index (χ2v) is 4.59. The van der Waals surface area contributed by atoms with Crippen molar-refractivity contribution in [2.24, 2.45) is 5.73 Å². The second kappa shape index (κ2) is 4.73. The maximum absolute atomic E-state index is 5.47. The highest BCUT2D eigenvalue weighted by Gasteiger charge is 2.11. The number of hydrogen-bond acceptors (Lipinski definition) is 7. The Morgan fingerprint density at radius 2 is 2.40 bits per heavy atom. The van der Waals surface area contributed by atoms with Crippen molar-refractivity contribution in [1.82, 2.24) is 15.1 Å². The molecule has 0 aliphatic carbocycles. The Labute approximate surface area is 95.1 Å². The molecule has 0 spiro atoms. The third kappa shape index (κ3) is 2.36. The summed E-state index contributed by atoms with van der Waals surface area (Å²) in [7, 11) is 0. The maximum atomic E-state index is 5.47. The van der Waals surface area contributed by atoms with E-state index < -0.39 is 0 Å². The van der Waals surface area contributed by atoms with Gasteiger partial charge in [-0.3, -0.25) is 0 Å². The normalized spacial score (nSPS) is 10.8. The molecule has 0 saturated carbocycles. The van der Waals surface area contributed by atoms with Crippen molar-refractivity contribution in [3.05, 3.63) is 16.2 Å². The van der Waals surface area contributed by atoms with Gasteiger partial charge in [-0.05, 0) is 6.26 Å². The van der Waals surface area contributed by atoms with Gasteiger partial charge in [0.05, 0.1) is 5.75 Å². The number of thiazole rings is 1.